The third-order valence-corrected chi connectivity index (χ3v) is 2.39. The Bertz CT molecular complexity index is 284. The number of Topliss-reactive ketones (excluding diaryl/α,β-unsaturated/α-hetero) is 1. The quantitative estimate of drug-likeness (QED) is 0.509. The van der Waals surface area contributed by atoms with Crippen molar-refractivity contribution in [1.82, 2.24) is 4.90 Å². The minimum atomic E-state index is -0.0772. The molecule has 4 heteroatoms. The van der Waals surface area contributed by atoms with Crippen molar-refractivity contribution in [3.63, 3.8) is 0 Å². The zero-order valence-electron chi connectivity index (χ0n) is 9.28. The SMILES string of the molecule is COCC1=CCN(C(=O)CC(C)=O)CC1. The lowest BCUT2D eigenvalue weighted by molar-refractivity contribution is -0.134. The Balaban J connectivity index is 2.42. The smallest absolute Gasteiger partial charge is 0.230 e. The molecule has 1 aliphatic heterocycles. The Labute approximate surface area is 89.9 Å². The summed E-state index contributed by atoms with van der Waals surface area (Å²) < 4.78 is 5.02. The predicted octanol–water partition coefficient (Wildman–Crippen LogP) is 0.771. The summed E-state index contributed by atoms with van der Waals surface area (Å²) in [4.78, 5) is 24.0. The monoisotopic (exact) mass is 211 g/mol. The van der Waals surface area contributed by atoms with E-state index in [1.165, 1.54) is 12.5 Å². The normalized spacial score (nSPS) is 16.1. The fraction of sp³-hybridized carbons (Fsp3) is 0.636. The summed E-state index contributed by atoms with van der Waals surface area (Å²) in [5, 5.41) is 0. The molecule has 0 aromatic carbocycles. The zero-order valence-corrected chi connectivity index (χ0v) is 9.28. The molecule has 0 saturated carbocycles. The van der Waals surface area contributed by atoms with Crippen LogP contribution in [0.5, 0.6) is 0 Å². The minimum Gasteiger partial charge on any atom is -0.380 e. The molecule has 0 bridgehead atoms. The standard InChI is InChI=1S/C11H17NO3/c1-9(13)7-11(14)12-5-3-10(4-6-12)8-15-2/h3H,4-8H2,1-2H3. The van der Waals surface area contributed by atoms with Crippen molar-refractivity contribution in [2.24, 2.45) is 0 Å². The highest BCUT2D eigenvalue weighted by Gasteiger charge is 2.17. The van der Waals surface area contributed by atoms with Crippen LogP contribution < -0.4 is 0 Å². The Morgan fingerprint density at radius 1 is 1.53 bits per heavy atom. The van der Waals surface area contributed by atoms with Gasteiger partial charge >= 0.3 is 0 Å². The number of carbonyl (C=O) groups is 2. The fourth-order valence-corrected chi connectivity index (χ4v) is 1.58. The highest BCUT2D eigenvalue weighted by molar-refractivity contribution is 5.96. The number of methoxy groups -OCH3 is 1. The van der Waals surface area contributed by atoms with Gasteiger partial charge in [-0.1, -0.05) is 6.08 Å². The molecule has 0 saturated heterocycles. The maximum Gasteiger partial charge on any atom is 0.230 e. The van der Waals surface area contributed by atoms with Crippen LogP contribution in [0.1, 0.15) is 19.8 Å². The lowest BCUT2D eigenvalue weighted by atomic mass is 10.1. The Kier molecular flexibility index (Phi) is 4.49. The molecule has 15 heavy (non-hydrogen) atoms. The lowest BCUT2D eigenvalue weighted by Crippen LogP contribution is -2.36. The van der Waals surface area contributed by atoms with Crippen molar-refractivity contribution in [3.8, 4) is 0 Å². The number of rotatable bonds is 4. The van der Waals surface area contributed by atoms with E-state index in [1.54, 1.807) is 12.0 Å². The molecule has 1 rings (SSSR count). The molecule has 0 radical (unpaired) electrons. The van der Waals surface area contributed by atoms with Gasteiger partial charge in [0.25, 0.3) is 0 Å². The largest absolute Gasteiger partial charge is 0.380 e. The van der Waals surface area contributed by atoms with Crippen molar-refractivity contribution >= 4 is 11.7 Å². The second kappa shape index (κ2) is 5.66. The van der Waals surface area contributed by atoms with Gasteiger partial charge in [0.15, 0.2) is 0 Å². The molecule has 0 fully saturated rings. The van der Waals surface area contributed by atoms with Crippen LogP contribution in [0.4, 0.5) is 0 Å². The van der Waals surface area contributed by atoms with Crippen molar-refractivity contribution in [2.75, 3.05) is 26.8 Å². The van der Waals surface area contributed by atoms with Crippen molar-refractivity contribution in [3.05, 3.63) is 11.6 Å². The molecule has 0 N–H and O–H groups in total. The van der Waals surface area contributed by atoms with E-state index in [1.807, 2.05) is 6.08 Å². The minimum absolute atomic E-state index is 0.0213. The summed E-state index contributed by atoms with van der Waals surface area (Å²) in [7, 11) is 1.66. The van der Waals surface area contributed by atoms with Gasteiger partial charge in [-0.25, -0.2) is 0 Å². The summed E-state index contributed by atoms with van der Waals surface area (Å²) >= 11 is 0. The van der Waals surface area contributed by atoms with Crippen molar-refractivity contribution in [1.29, 1.82) is 0 Å². The highest BCUT2D eigenvalue weighted by atomic mass is 16.5. The molecule has 0 unspecified atom stereocenters. The average molecular weight is 211 g/mol. The number of hydrogen-bond acceptors (Lipinski definition) is 3. The molecule has 0 aliphatic carbocycles. The molecule has 1 aliphatic rings. The molecule has 0 atom stereocenters. The lowest BCUT2D eigenvalue weighted by Gasteiger charge is -2.26. The third-order valence-electron chi connectivity index (χ3n) is 2.39. The molecule has 0 spiro atoms. The van der Waals surface area contributed by atoms with E-state index in [0.717, 1.165) is 6.42 Å². The molecule has 84 valence electrons. The number of carbonyl (C=O) groups excluding carboxylic acids is 2. The molecule has 1 heterocycles. The average Bonchev–Trinajstić information content (AvgIpc) is 2.18. The van der Waals surface area contributed by atoms with Gasteiger partial charge in [-0.15, -0.1) is 0 Å². The summed E-state index contributed by atoms with van der Waals surface area (Å²) in [5.74, 6) is -0.151. The Morgan fingerprint density at radius 2 is 2.27 bits per heavy atom. The van der Waals surface area contributed by atoms with E-state index in [4.69, 9.17) is 4.74 Å². The first-order chi connectivity index (χ1) is 7.13. The van der Waals surface area contributed by atoms with Gasteiger partial charge < -0.3 is 9.64 Å². The number of hydrogen-bond donors (Lipinski definition) is 0. The van der Waals surface area contributed by atoms with Crippen LogP contribution in [0.3, 0.4) is 0 Å². The van der Waals surface area contributed by atoms with Gasteiger partial charge in [-0.3, -0.25) is 9.59 Å². The van der Waals surface area contributed by atoms with Crippen molar-refractivity contribution < 1.29 is 14.3 Å². The molecular formula is C11H17NO3. The fourth-order valence-electron chi connectivity index (χ4n) is 1.58. The van der Waals surface area contributed by atoms with E-state index in [0.29, 0.717) is 19.7 Å². The first-order valence-corrected chi connectivity index (χ1v) is 5.07. The van der Waals surface area contributed by atoms with Gasteiger partial charge in [-0.05, 0) is 18.9 Å². The van der Waals surface area contributed by atoms with Crippen LogP contribution in [0.2, 0.25) is 0 Å². The third kappa shape index (κ3) is 3.83. The predicted molar refractivity (Wildman–Crippen MR) is 56.5 cm³/mol. The maximum atomic E-state index is 11.5. The van der Waals surface area contributed by atoms with E-state index >= 15 is 0 Å². The first-order valence-electron chi connectivity index (χ1n) is 5.07. The van der Waals surface area contributed by atoms with Crippen LogP contribution in [0.25, 0.3) is 0 Å². The van der Waals surface area contributed by atoms with Gasteiger partial charge in [0.2, 0.25) is 5.91 Å². The maximum absolute atomic E-state index is 11.5. The van der Waals surface area contributed by atoms with E-state index in [-0.39, 0.29) is 18.1 Å². The summed E-state index contributed by atoms with van der Waals surface area (Å²) in [6.07, 6.45) is 2.87. The Morgan fingerprint density at radius 3 is 2.73 bits per heavy atom. The summed E-state index contributed by atoms with van der Waals surface area (Å²) in [5.41, 5.74) is 1.23. The molecule has 4 nitrogen and oxygen atoms in total. The summed E-state index contributed by atoms with van der Waals surface area (Å²) in [6, 6.07) is 0. The van der Waals surface area contributed by atoms with Gasteiger partial charge in [0.05, 0.1) is 13.0 Å². The first kappa shape index (κ1) is 11.9. The summed E-state index contributed by atoms with van der Waals surface area (Å²) in [6.45, 7) is 3.37. The second-order valence-corrected chi connectivity index (χ2v) is 3.76. The van der Waals surface area contributed by atoms with Crippen LogP contribution >= 0.6 is 0 Å². The van der Waals surface area contributed by atoms with E-state index in [2.05, 4.69) is 0 Å². The highest BCUT2D eigenvalue weighted by Crippen LogP contribution is 2.11. The number of amides is 1. The number of ether oxygens (including phenoxy) is 1. The van der Waals surface area contributed by atoms with Gasteiger partial charge in [0, 0.05) is 20.2 Å². The van der Waals surface area contributed by atoms with Gasteiger partial charge in [-0.2, -0.15) is 0 Å². The molecule has 0 aromatic heterocycles. The number of nitrogens with zero attached hydrogens (tertiary/aromatic N) is 1. The van der Waals surface area contributed by atoms with Crippen LogP contribution in [-0.4, -0.2) is 43.4 Å². The van der Waals surface area contributed by atoms with Crippen molar-refractivity contribution in [2.45, 2.75) is 19.8 Å². The van der Waals surface area contributed by atoms with Crippen LogP contribution in [0, 0.1) is 0 Å². The van der Waals surface area contributed by atoms with Crippen LogP contribution in [-0.2, 0) is 14.3 Å². The number of ketones is 1. The zero-order chi connectivity index (χ0) is 11.3. The topological polar surface area (TPSA) is 46.6 Å². The van der Waals surface area contributed by atoms with Crippen LogP contribution in [0.15, 0.2) is 11.6 Å². The second-order valence-electron chi connectivity index (χ2n) is 3.76. The van der Waals surface area contributed by atoms with E-state index < -0.39 is 0 Å². The Hall–Kier alpha value is -1.16. The van der Waals surface area contributed by atoms with Gasteiger partial charge in [0.1, 0.15) is 5.78 Å². The van der Waals surface area contributed by atoms with E-state index in [9.17, 15) is 9.59 Å². The molecule has 0 aromatic rings. The molecule has 1 amide bonds. The molecular weight excluding hydrogens is 194 g/mol.